The van der Waals surface area contributed by atoms with Gasteiger partial charge < -0.3 is 0 Å². The van der Waals surface area contributed by atoms with Gasteiger partial charge in [-0.1, -0.05) is 60.7 Å². The largest absolute Gasteiger partial charge is 0.290 e. The molecule has 37 heavy (non-hydrogen) atoms. The van der Waals surface area contributed by atoms with E-state index in [4.69, 9.17) is 0 Å². The van der Waals surface area contributed by atoms with Crippen LogP contribution in [-0.2, 0) is 6.42 Å². The van der Waals surface area contributed by atoms with Gasteiger partial charge >= 0.3 is 0 Å². The third-order valence-corrected chi connectivity index (χ3v) is 6.37. The number of nitriles is 1. The van der Waals surface area contributed by atoms with Crippen molar-refractivity contribution in [1.82, 2.24) is 4.68 Å². The number of rotatable bonds is 5. The van der Waals surface area contributed by atoms with Crippen LogP contribution in [0.3, 0.4) is 0 Å². The molecule has 0 bridgehead atoms. The predicted octanol–water partition coefficient (Wildman–Crippen LogP) is 6.05. The fraction of sp³-hybridized carbons (Fsp3) is 0.100. The van der Waals surface area contributed by atoms with Gasteiger partial charge in [0.15, 0.2) is 0 Å². The summed E-state index contributed by atoms with van der Waals surface area (Å²) in [7, 11) is 0. The van der Waals surface area contributed by atoms with Gasteiger partial charge in [-0.25, -0.2) is 0 Å². The average Bonchev–Trinajstić information content (AvgIpc) is 2.93. The standard InChI is InChI=1S/C30H22N4O3/c31-19-27-28(23-10-5-2-6-11-23)26-13-7-12-24(18-21-8-3-1-4-9-21)29(26)33(30(27)35)32-20-22-14-16-25(17-15-22)34(36)37/h1-6,8-11,14-18,20H,7,12-13H2. The van der Waals surface area contributed by atoms with Crippen molar-refractivity contribution in [3.63, 3.8) is 0 Å². The number of allylic oxidation sites excluding steroid dienone is 1. The van der Waals surface area contributed by atoms with Crippen molar-refractivity contribution in [1.29, 1.82) is 5.26 Å². The Balaban J connectivity index is 1.76. The number of hydrogen-bond donors (Lipinski definition) is 0. The highest BCUT2D eigenvalue weighted by molar-refractivity contribution is 5.88. The van der Waals surface area contributed by atoms with Crippen LogP contribution in [0.4, 0.5) is 5.69 Å². The number of fused-ring (bicyclic) bond motifs is 1. The first kappa shape index (κ1) is 23.6. The second-order valence-corrected chi connectivity index (χ2v) is 8.70. The summed E-state index contributed by atoms with van der Waals surface area (Å²) in [5.41, 5.74) is 5.17. The molecule has 1 heterocycles. The Bertz CT molecular complexity index is 1630. The van der Waals surface area contributed by atoms with Crippen LogP contribution in [0.25, 0.3) is 22.8 Å². The summed E-state index contributed by atoms with van der Waals surface area (Å²) in [6.07, 6.45) is 5.89. The van der Waals surface area contributed by atoms with Gasteiger partial charge in [0.1, 0.15) is 11.6 Å². The molecule has 4 aromatic rings. The molecule has 0 atom stereocenters. The Morgan fingerprint density at radius 1 is 0.919 bits per heavy atom. The summed E-state index contributed by atoms with van der Waals surface area (Å²) < 4.78 is 1.32. The molecule has 1 aliphatic rings. The Hall–Kier alpha value is -5.09. The van der Waals surface area contributed by atoms with Crippen molar-refractivity contribution < 1.29 is 4.92 Å². The number of nitro groups is 1. The topological polar surface area (TPSA) is 101 Å². The van der Waals surface area contributed by atoms with Crippen LogP contribution in [0.2, 0.25) is 0 Å². The second-order valence-electron chi connectivity index (χ2n) is 8.70. The smallest absolute Gasteiger partial charge is 0.266 e. The molecule has 0 N–H and O–H groups in total. The van der Waals surface area contributed by atoms with Crippen LogP contribution in [0, 0.1) is 21.4 Å². The molecule has 7 nitrogen and oxygen atoms in total. The molecule has 0 aliphatic heterocycles. The lowest BCUT2D eigenvalue weighted by Crippen LogP contribution is -2.27. The van der Waals surface area contributed by atoms with E-state index < -0.39 is 10.5 Å². The zero-order valence-electron chi connectivity index (χ0n) is 19.9. The number of benzene rings is 3. The zero-order chi connectivity index (χ0) is 25.8. The number of hydrogen-bond acceptors (Lipinski definition) is 5. The van der Waals surface area contributed by atoms with Crippen molar-refractivity contribution in [3.05, 3.63) is 133 Å². The van der Waals surface area contributed by atoms with Crippen LogP contribution in [0.5, 0.6) is 0 Å². The molecule has 3 aromatic carbocycles. The van der Waals surface area contributed by atoms with Crippen LogP contribution < -0.4 is 5.56 Å². The summed E-state index contributed by atoms with van der Waals surface area (Å²) in [6, 6.07) is 27.5. The van der Waals surface area contributed by atoms with Crippen LogP contribution in [0.1, 0.15) is 40.8 Å². The highest BCUT2D eigenvalue weighted by atomic mass is 16.6. The molecule has 1 aliphatic carbocycles. The lowest BCUT2D eigenvalue weighted by atomic mass is 9.84. The van der Waals surface area contributed by atoms with Gasteiger partial charge in [0.25, 0.3) is 11.2 Å². The van der Waals surface area contributed by atoms with Crippen molar-refractivity contribution in [3.8, 4) is 17.2 Å². The third-order valence-electron chi connectivity index (χ3n) is 6.37. The van der Waals surface area contributed by atoms with Gasteiger partial charge in [0.2, 0.25) is 0 Å². The van der Waals surface area contributed by atoms with E-state index in [-0.39, 0.29) is 11.3 Å². The van der Waals surface area contributed by atoms with Crippen LogP contribution in [-0.4, -0.2) is 15.8 Å². The van der Waals surface area contributed by atoms with E-state index in [9.17, 15) is 20.2 Å². The maximum Gasteiger partial charge on any atom is 0.290 e. The first-order chi connectivity index (χ1) is 18.1. The lowest BCUT2D eigenvalue weighted by Gasteiger charge is -2.25. The lowest BCUT2D eigenvalue weighted by molar-refractivity contribution is -0.384. The Labute approximate surface area is 213 Å². The van der Waals surface area contributed by atoms with E-state index in [1.54, 1.807) is 12.1 Å². The Morgan fingerprint density at radius 3 is 2.24 bits per heavy atom. The van der Waals surface area contributed by atoms with E-state index >= 15 is 0 Å². The van der Waals surface area contributed by atoms with E-state index in [0.29, 0.717) is 23.2 Å². The third kappa shape index (κ3) is 4.73. The number of nitro benzene ring substituents is 1. The monoisotopic (exact) mass is 486 g/mol. The van der Waals surface area contributed by atoms with Crippen LogP contribution in [0.15, 0.2) is 94.8 Å². The minimum atomic E-state index is -0.501. The van der Waals surface area contributed by atoms with Crippen molar-refractivity contribution in [2.45, 2.75) is 19.3 Å². The summed E-state index contributed by atoms with van der Waals surface area (Å²) >= 11 is 0. The molecule has 0 radical (unpaired) electrons. The van der Waals surface area contributed by atoms with Crippen molar-refractivity contribution in [2.75, 3.05) is 0 Å². The molecule has 0 saturated heterocycles. The molecule has 180 valence electrons. The molecule has 0 unspecified atom stereocenters. The van der Waals surface area contributed by atoms with Crippen molar-refractivity contribution in [2.24, 2.45) is 5.10 Å². The van der Waals surface area contributed by atoms with Crippen LogP contribution >= 0.6 is 0 Å². The van der Waals surface area contributed by atoms with Gasteiger partial charge in [0.05, 0.1) is 16.8 Å². The van der Waals surface area contributed by atoms with E-state index in [1.807, 2.05) is 60.7 Å². The Morgan fingerprint density at radius 2 is 1.59 bits per heavy atom. The first-order valence-corrected chi connectivity index (χ1v) is 11.9. The zero-order valence-corrected chi connectivity index (χ0v) is 19.9. The summed E-state index contributed by atoms with van der Waals surface area (Å²) in [4.78, 5) is 24.3. The molecule has 0 fully saturated rings. The average molecular weight is 487 g/mol. The fourth-order valence-corrected chi connectivity index (χ4v) is 4.69. The molecular weight excluding hydrogens is 464 g/mol. The van der Waals surface area contributed by atoms with E-state index in [1.165, 1.54) is 23.0 Å². The number of non-ortho nitro benzene ring substituents is 1. The number of pyridine rings is 1. The fourth-order valence-electron chi connectivity index (χ4n) is 4.69. The predicted molar refractivity (Wildman–Crippen MR) is 144 cm³/mol. The van der Waals surface area contributed by atoms with Gasteiger partial charge in [0, 0.05) is 17.7 Å². The van der Waals surface area contributed by atoms with E-state index in [0.717, 1.165) is 35.1 Å². The maximum absolute atomic E-state index is 13.7. The minimum Gasteiger partial charge on any atom is -0.266 e. The van der Waals surface area contributed by atoms with Crippen molar-refractivity contribution >= 4 is 23.6 Å². The Kier molecular flexibility index (Phi) is 6.56. The molecule has 1 aromatic heterocycles. The molecule has 7 heteroatoms. The van der Waals surface area contributed by atoms with E-state index in [2.05, 4.69) is 17.2 Å². The normalized spacial score (nSPS) is 13.9. The minimum absolute atomic E-state index is 0.0289. The molecular formula is C30H22N4O3. The summed E-state index contributed by atoms with van der Waals surface area (Å²) in [5.74, 6) is 0. The van der Waals surface area contributed by atoms with Gasteiger partial charge in [-0.15, -0.1) is 0 Å². The number of nitrogens with zero attached hydrogens (tertiary/aromatic N) is 4. The molecule has 0 amide bonds. The SMILES string of the molecule is N#Cc1c(-c2ccccc2)c2c(n(N=Cc3ccc([N+](=O)[O-])cc3)c1=O)C(=Cc1ccccc1)CCC2. The van der Waals surface area contributed by atoms with Gasteiger partial charge in [-0.05, 0) is 65.3 Å². The molecule has 0 spiro atoms. The number of aromatic nitrogens is 1. The summed E-state index contributed by atoms with van der Waals surface area (Å²) in [6.45, 7) is 0. The summed E-state index contributed by atoms with van der Waals surface area (Å²) in [5, 5.41) is 25.6. The van der Waals surface area contributed by atoms with Gasteiger partial charge in [-0.3, -0.25) is 14.9 Å². The first-order valence-electron chi connectivity index (χ1n) is 11.9. The maximum atomic E-state index is 13.7. The highest BCUT2D eigenvalue weighted by Gasteiger charge is 2.27. The second kappa shape index (κ2) is 10.3. The molecule has 0 saturated carbocycles. The molecule has 5 rings (SSSR count). The van der Waals surface area contributed by atoms with Gasteiger partial charge in [-0.2, -0.15) is 15.0 Å². The highest BCUT2D eigenvalue weighted by Crippen LogP contribution is 2.38. The quantitative estimate of drug-likeness (QED) is 0.195.